The van der Waals surface area contributed by atoms with Crippen molar-refractivity contribution in [3.63, 3.8) is 0 Å². The van der Waals surface area contributed by atoms with Gasteiger partial charge in [-0.2, -0.15) is 0 Å². The van der Waals surface area contributed by atoms with Crippen LogP contribution in [0.3, 0.4) is 0 Å². The van der Waals surface area contributed by atoms with Crippen molar-refractivity contribution in [3.8, 4) is 0 Å². The van der Waals surface area contributed by atoms with Crippen LogP contribution in [0.5, 0.6) is 0 Å². The van der Waals surface area contributed by atoms with Crippen LogP contribution in [0.25, 0.3) is 6.08 Å². The first-order valence-electron chi connectivity index (χ1n) is 7.32. The predicted octanol–water partition coefficient (Wildman–Crippen LogP) is 3.43. The van der Waals surface area contributed by atoms with Crippen molar-refractivity contribution in [2.45, 2.75) is 45.6 Å². The highest BCUT2D eigenvalue weighted by Crippen LogP contribution is 2.41. The van der Waals surface area contributed by atoms with Crippen molar-refractivity contribution in [2.24, 2.45) is 5.41 Å². The van der Waals surface area contributed by atoms with Crippen molar-refractivity contribution in [3.05, 3.63) is 28.0 Å². The molecule has 1 aromatic heterocycles. The van der Waals surface area contributed by atoms with Gasteiger partial charge in [0, 0.05) is 16.4 Å². The summed E-state index contributed by atoms with van der Waals surface area (Å²) in [4.78, 5) is 23.9. The van der Waals surface area contributed by atoms with Gasteiger partial charge in [-0.3, -0.25) is 4.79 Å². The summed E-state index contributed by atoms with van der Waals surface area (Å²) in [5.74, 6) is -0.791. The molecular formula is C16H21NO3S. The molecule has 21 heavy (non-hydrogen) atoms. The summed E-state index contributed by atoms with van der Waals surface area (Å²) < 4.78 is 0. The Hall–Kier alpha value is -1.62. The van der Waals surface area contributed by atoms with Crippen LogP contribution in [0, 0.1) is 5.41 Å². The van der Waals surface area contributed by atoms with Crippen LogP contribution in [-0.2, 0) is 16.1 Å². The Morgan fingerprint density at radius 3 is 2.76 bits per heavy atom. The van der Waals surface area contributed by atoms with E-state index in [-0.39, 0.29) is 11.3 Å². The molecule has 114 valence electrons. The molecule has 2 rings (SSSR count). The zero-order valence-corrected chi connectivity index (χ0v) is 13.0. The minimum atomic E-state index is -0.956. The molecular weight excluding hydrogens is 286 g/mol. The fraction of sp³-hybridized carbons (Fsp3) is 0.500. The molecule has 0 saturated heterocycles. The molecule has 0 bridgehead atoms. The van der Waals surface area contributed by atoms with E-state index in [9.17, 15) is 9.59 Å². The van der Waals surface area contributed by atoms with E-state index in [0.29, 0.717) is 6.54 Å². The van der Waals surface area contributed by atoms with Crippen molar-refractivity contribution in [1.82, 2.24) is 5.32 Å². The Balaban J connectivity index is 1.91. The van der Waals surface area contributed by atoms with Crippen LogP contribution in [0.1, 0.15) is 49.5 Å². The number of carboxylic acids is 1. The van der Waals surface area contributed by atoms with Crippen LogP contribution < -0.4 is 5.32 Å². The van der Waals surface area contributed by atoms with E-state index in [1.54, 1.807) is 6.08 Å². The normalized spacial score (nSPS) is 17.2. The number of carbonyl (C=O) groups excluding carboxylic acids is 1. The van der Waals surface area contributed by atoms with E-state index in [2.05, 4.69) is 12.2 Å². The Bertz CT molecular complexity index is 541. The van der Waals surface area contributed by atoms with Crippen LogP contribution in [0.4, 0.5) is 0 Å². The van der Waals surface area contributed by atoms with E-state index in [4.69, 9.17) is 5.11 Å². The number of thiophene rings is 1. The zero-order chi connectivity index (χ0) is 15.3. The highest BCUT2D eigenvalue weighted by atomic mass is 32.1. The third-order valence-electron chi connectivity index (χ3n) is 4.23. The van der Waals surface area contributed by atoms with Crippen LogP contribution in [-0.4, -0.2) is 17.0 Å². The number of carboxylic acid groups (broad SMARTS) is 1. The summed E-state index contributed by atoms with van der Waals surface area (Å²) in [6, 6.07) is 1.91. The Morgan fingerprint density at radius 2 is 2.14 bits per heavy atom. The summed E-state index contributed by atoms with van der Waals surface area (Å²) >= 11 is 1.53. The Labute approximate surface area is 128 Å². The van der Waals surface area contributed by atoms with E-state index >= 15 is 0 Å². The molecule has 1 aliphatic rings. The second-order valence-electron chi connectivity index (χ2n) is 5.54. The van der Waals surface area contributed by atoms with E-state index in [1.165, 1.54) is 11.3 Å². The quantitative estimate of drug-likeness (QED) is 0.791. The average Bonchev–Trinajstić information content (AvgIpc) is 3.12. The molecule has 1 amide bonds. The number of hydrogen-bond donors (Lipinski definition) is 2. The molecule has 2 N–H and O–H groups in total. The maximum Gasteiger partial charge on any atom is 0.328 e. The van der Waals surface area contributed by atoms with Gasteiger partial charge in [0.1, 0.15) is 0 Å². The first-order chi connectivity index (χ1) is 10.1. The third-order valence-corrected chi connectivity index (χ3v) is 5.19. The smallest absolute Gasteiger partial charge is 0.328 e. The van der Waals surface area contributed by atoms with Crippen LogP contribution in [0.2, 0.25) is 0 Å². The molecule has 0 aromatic carbocycles. The van der Waals surface area contributed by atoms with Gasteiger partial charge < -0.3 is 10.4 Å². The number of nitrogens with one attached hydrogen (secondary N) is 1. The number of amides is 1. The minimum Gasteiger partial charge on any atom is -0.478 e. The molecule has 0 unspecified atom stereocenters. The van der Waals surface area contributed by atoms with Gasteiger partial charge in [0.2, 0.25) is 5.91 Å². The lowest BCUT2D eigenvalue weighted by Gasteiger charge is -2.25. The molecule has 0 radical (unpaired) electrons. The summed E-state index contributed by atoms with van der Waals surface area (Å²) in [6.07, 6.45) is 7.85. The number of carbonyl (C=O) groups is 2. The second-order valence-corrected chi connectivity index (χ2v) is 6.54. The average molecular weight is 307 g/mol. The van der Waals surface area contributed by atoms with Gasteiger partial charge in [-0.05, 0) is 42.3 Å². The lowest BCUT2D eigenvalue weighted by atomic mass is 9.82. The topological polar surface area (TPSA) is 66.4 Å². The van der Waals surface area contributed by atoms with Crippen molar-refractivity contribution >= 4 is 29.3 Å². The van der Waals surface area contributed by atoms with Gasteiger partial charge in [0.25, 0.3) is 0 Å². The third kappa shape index (κ3) is 3.94. The maximum absolute atomic E-state index is 12.4. The largest absolute Gasteiger partial charge is 0.478 e. The van der Waals surface area contributed by atoms with Crippen LogP contribution in [0.15, 0.2) is 17.5 Å². The van der Waals surface area contributed by atoms with Crippen molar-refractivity contribution in [2.75, 3.05) is 0 Å². The maximum atomic E-state index is 12.4. The Morgan fingerprint density at radius 1 is 1.43 bits per heavy atom. The van der Waals surface area contributed by atoms with E-state index < -0.39 is 5.97 Å². The first kappa shape index (κ1) is 15.8. The van der Waals surface area contributed by atoms with Gasteiger partial charge >= 0.3 is 5.97 Å². The fourth-order valence-corrected chi connectivity index (χ4v) is 3.69. The Kier molecular flexibility index (Phi) is 5.17. The van der Waals surface area contributed by atoms with E-state index in [0.717, 1.165) is 48.6 Å². The minimum absolute atomic E-state index is 0.163. The fourth-order valence-electron chi connectivity index (χ4n) is 2.89. The molecule has 1 aliphatic carbocycles. The lowest BCUT2D eigenvalue weighted by Crippen LogP contribution is -2.38. The highest BCUT2D eigenvalue weighted by Gasteiger charge is 2.38. The summed E-state index contributed by atoms with van der Waals surface area (Å²) in [5.41, 5.74) is 0.696. The number of hydrogen-bond acceptors (Lipinski definition) is 3. The monoisotopic (exact) mass is 307 g/mol. The predicted molar refractivity (Wildman–Crippen MR) is 84.0 cm³/mol. The summed E-state index contributed by atoms with van der Waals surface area (Å²) in [7, 11) is 0. The van der Waals surface area contributed by atoms with Gasteiger partial charge in [-0.1, -0.05) is 19.8 Å². The SMILES string of the molecule is CCC1(C(=O)NCc2cc(/C=C/C(=O)O)cs2)CCCC1. The van der Waals surface area contributed by atoms with Gasteiger partial charge in [-0.25, -0.2) is 4.79 Å². The van der Waals surface area contributed by atoms with E-state index in [1.807, 2.05) is 11.4 Å². The van der Waals surface area contributed by atoms with Crippen molar-refractivity contribution < 1.29 is 14.7 Å². The molecule has 0 atom stereocenters. The molecule has 0 spiro atoms. The second kappa shape index (κ2) is 6.89. The molecule has 5 heteroatoms. The first-order valence-corrected chi connectivity index (χ1v) is 8.20. The molecule has 1 saturated carbocycles. The molecule has 1 aromatic rings. The summed E-state index contributed by atoms with van der Waals surface area (Å²) in [5, 5.41) is 13.5. The van der Waals surface area contributed by atoms with Gasteiger partial charge in [-0.15, -0.1) is 11.3 Å². The lowest BCUT2D eigenvalue weighted by molar-refractivity contribution is -0.132. The van der Waals surface area contributed by atoms with Gasteiger partial charge in [0.05, 0.1) is 6.54 Å². The summed E-state index contributed by atoms with van der Waals surface area (Å²) in [6.45, 7) is 2.61. The molecule has 1 fully saturated rings. The molecule has 1 heterocycles. The van der Waals surface area contributed by atoms with Crippen molar-refractivity contribution in [1.29, 1.82) is 0 Å². The van der Waals surface area contributed by atoms with Crippen LogP contribution >= 0.6 is 11.3 Å². The molecule has 4 nitrogen and oxygen atoms in total. The van der Waals surface area contributed by atoms with Gasteiger partial charge in [0.15, 0.2) is 0 Å². The number of rotatable bonds is 6. The highest BCUT2D eigenvalue weighted by molar-refractivity contribution is 7.10. The standard InChI is InChI=1S/C16H21NO3S/c1-2-16(7-3-4-8-16)15(20)17-10-13-9-12(11-21-13)5-6-14(18)19/h5-6,9,11H,2-4,7-8,10H2,1H3,(H,17,20)(H,18,19)/b6-5+. The number of aliphatic carboxylic acids is 1. The molecule has 0 aliphatic heterocycles. The zero-order valence-electron chi connectivity index (χ0n) is 12.2.